The minimum Gasteiger partial charge on any atom is -0.368 e. The number of carbonyl (C=O) groups excluding carboxylic acids is 1. The molecule has 2 saturated heterocycles. The molecule has 2 aliphatic rings. The fraction of sp³-hybridized carbons (Fsp3) is 0.429. The van der Waals surface area contributed by atoms with Crippen molar-refractivity contribution in [1.82, 2.24) is 14.8 Å². The predicted octanol–water partition coefficient (Wildman–Crippen LogP) is 1.93. The quantitative estimate of drug-likeness (QED) is 0.810. The smallest absolute Gasteiger partial charge is 0.255 e. The highest BCUT2D eigenvalue weighted by atomic mass is 19.1. The van der Waals surface area contributed by atoms with Gasteiger partial charge in [-0.15, -0.1) is 0 Å². The third-order valence-corrected chi connectivity index (χ3v) is 5.60. The molecule has 148 valence electrons. The lowest BCUT2D eigenvalue weighted by atomic mass is 10.2. The van der Waals surface area contributed by atoms with E-state index in [1.807, 2.05) is 29.3 Å². The van der Waals surface area contributed by atoms with Gasteiger partial charge in [0.1, 0.15) is 5.82 Å². The topological polar surface area (TPSA) is 42.9 Å². The van der Waals surface area contributed by atoms with Gasteiger partial charge in [-0.25, -0.2) is 4.39 Å². The number of piperazine rings is 2. The van der Waals surface area contributed by atoms with Crippen LogP contribution in [0.2, 0.25) is 0 Å². The van der Waals surface area contributed by atoms with Crippen LogP contribution in [0.15, 0.2) is 42.7 Å². The molecule has 2 fully saturated rings. The Morgan fingerprint density at radius 2 is 1.46 bits per heavy atom. The molecule has 0 unspecified atom stereocenters. The lowest BCUT2D eigenvalue weighted by Crippen LogP contribution is -2.47. The Bertz CT molecular complexity index is 812. The van der Waals surface area contributed by atoms with Gasteiger partial charge >= 0.3 is 0 Å². The number of halogens is 1. The molecule has 0 bridgehead atoms. The predicted molar refractivity (Wildman–Crippen MR) is 108 cm³/mol. The number of hydrogen-bond donors (Lipinski definition) is 0. The summed E-state index contributed by atoms with van der Waals surface area (Å²) in [6.45, 7) is 6.71. The van der Waals surface area contributed by atoms with E-state index >= 15 is 0 Å². The molecule has 0 spiro atoms. The van der Waals surface area contributed by atoms with Crippen molar-refractivity contribution in [2.45, 2.75) is 0 Å². The van der Waals surface area contributed by atoms with Crippen LogP contribution in [-0.4, -0.2) is 80.1 Å². The second-order valence-electron chi connectivity index (χ2n) is 7.48. The molecule has 2 aliphatic heterocycles. The maximum absolute atomic E-state index is 13.1. The van der Waals surface area contributed by atoms with Crippen LogP contribution in [-0.2, 0) is 0 Å². The summed E-state index contributed by atoms with van der Waals surface area (Å²) in [6.07, 6.45) is 3.49. The Morgan fingerprint density at radius 3 is 2.11 bits per heavy atom. The number of hydrogen-bond acceptors (Lipinski definition) is 5. The summed E-state index contributed by atoms with van der Waals surface area (Å²) < 4.78 is 13.1. The first kappa shape index (κ1) is 18.7. The van der Waals surface area contributed by atoms with Crippen molar-refractivity contribution in [3.8, 4) is 0 Å². The molecular weight excluding hydrogens is 357 g/mol. The number of rotatable bonds is 3. The van der Waals surface area contributed by atoms with Gasteiger partial charge in [0.2, 0.25) is 0 Å². The molecule has 1 aromatic heterocycles. The Hall–Kier alpha value is -2.67. The van der Waals surface area contributed by atoms with Crippen molar-refractivity contribution in [3.63, 3.8) is 0 Å². The molecule has 1 aromatic carbocycles. The van der Waals surface area contributed by atoms with Crippen LogP contribution < -0.4 is 9.80 Å². The fourth-order valence-corrected chi connectivity index (χ4v) is 3.78. The summed E-state index contributed by atoms with van der Waals surface area (Å²) in [5.74, 6) is -0.150. The molecule has 3 heterocycles. The number of amides is 1. The zero-order valence-corrected chi connectivity index (χ0v) is 16.2. The second kappa shape index (κ2) is 8.14. The standard InChI is InChI=1S/C21H26FN5O/c1-24-6-8-27(9-7-24)21(28)17-14-20(16-23-15-17)26-12-10-25(11-13-26)19-4-2-18(22)3-5-19/h2-5,14-16H,6-13H2,1H3. The van der Waals surface area contributed by atoms with Crippen molar-refractivity contribution < 1.29 is 9.18 Å². The van der Waals surface area contributed by atoms with E-state index in [9.17, 15) is 9.18 Å². The van der Waals surface area contributed by atoms with E-state index in [2.05, 4.69) is 26.7 Å². The van der Waals surface area contributed by atoms with Gasteiger partial charge in [0.05, 0.1) is 17.4 Å². The minimum absolute atomic E-state index is 0.0624. The summed E-state index contributed by atoms with van der Waals surface area (Å²) in [6, 6.07) is 8.60. The molecule has 4 rings (SSSR count). The zero-order valence-electron chi connectivity index (χ0n) is 16.2. The Balaban J connectivity index is 1.39. The first-order valence-corrected chi connectivity index (χ1v) is 9.78. The number of aromatic nitrogens is 1. The van der Waals surface area contributed by atoms with Gasteiger partial charge in [0.15, 0.2) is 0 Å². The van der Waals surface area contributed by atoms with E-state index in [1.165, 1.54) is 12.1 Å². The molecule has 1 amide bonds. The molecule has 0 radical (unpaired) electrons. The van der Waals surface area contributed by atoms with Gasteiger partial charge < -0.3 is 19.6 Å². The largest absolute Gasteiger partial charge is 0.368 e. The van der Waals surface area contributed by atoms with Crippen LogP contribution in [0, 0.1) is 5.82 Å². The number of likely N-dealkylation sites (N-methyl/N-ethyl adjacent to an activating group) is 1. The Labute approximate surface area is 165 Å². The first-order chi connectivity index (χ1) is 13.6. The van der Waals surface area contributed by atoms with Crippen molar-refractivity contribution in [2.75, 3.05) is 69.2 Å². The maximum Gasteiger partial charge on any atom is 0.255 e. The van der Waals surface area contributed by atoms with Crippen molar-refractivity contribution >= 4 is 17.3 Å². The number of anilines is 2. The minimum atomic E-state index is -0.213. The van der Waals surface area contributed by atoms with Gasteiger partial charge in [0, 0.05) is 64.2 Å². The average Bonchev–Trinajstić information content (AvgIpc) is 2.75. The second-order valence-corrected chi connectivity index (χ2v) is 7.48. The number of benzene rings is 1. The first-order valence-electron chi connectivity index (χ1n) is 9.78. The van der Waals surface area contributed by atoms with E-state index < -0.39 is 0 Å². The van der Waals surface area contributed by atoms with Crippen LogP contribution in [0.1, 0.15) is 10.4 Å². The molecule has 0 N–H and O–H groups in total. The highest BCUT2D eigenvalue weighted by Crippen LogP contribution is 2.21. The van der Waals surface area contributed by atoms with Gasteiger partial charge in [0.25, 0.3) is 5.91 Å². The zero-order chi connectivity index (χ0) is 19.5. The fourth-order valence-electron chi connectivity index (χ4n) is 3.78. The van der Waals surface area contributed by atoms with E-state index in [4.69, 9.17) is 0 Å². The third kappa shape index (κ3) is 4.09. The highest BCUT2D eigenvalue weighted by Gasteiger charge is 2.22. The van der Waals surface area contributed by atoms with Crippen molar-refractivity contribution in [1.29, 1.82) is 0 Å². The molecular formula is C21H26FN5O. The normalized spacial score (nSPS) is 18.4. The van der Waals surface area contributed by atoms with E-state index in [0.717, 1.165) is 63.7 Å². The molecule has 0 aliphatic carbocycles. The van der Waals surface area contributed by atoms with E-state index in [1.54, 1.807) is 6.20 Å². The Morgan fingerprint density at radius 1 is 0.857 bits per heavy atom. The van der Waals surface area contributed by atoms with E-state index in [0.29, 0.717) is 5.56 Å². The lowest BCUT2D eigenvalue weighted by Gasteiger charge is -2.37. The average molecular weight is 383 g/mol. The van der Waals surface area contributed by atoms with E-state index in [-0.39, 0.29) is 11.7 Å². The summed E-state index contributed by atoms with van der Waals surface area (Å²) in [7, 11) is 2.08. The third-order valence-electron chi connectivity index (χ3n) is 5.60. The van der Waals surface area contributed by atoms with Crippen molar-refractivity contribution in [2.24, 2.45) is 0 Å². The van der Waals surface area contributed by atoms with Crippen LogP contribution in [0.25, 0.3) is 0 Å². The van der Waals surface area contributed by atoms with Crippen LogP contribution in [0.4, 0.5) is 15.8 Å². The molecule has 28 heavy (non-hydrogen) atoms. The van der Waals surface area contributed by atoms with Gasteiger partial charge in [-0.3, -0.25) is 9.78 Å². The Kier molecular flexibility index (Phi) is 5.43. The highest BCUT2D eigenvalue weighted by molar-refractivity contribution is 5.94. The van der Waals surface area contributed by atoms with Crippen LogP contribution in [0.5, 0.6) is 0 Å². The molecule has 2 aromatic rings. The molecule has 7 heteroatoms. The monoisotopic (exact) mass is 383 g/mol. The SMILES string of the molecule is CN1CCN(C(=O)c2cncc(N3CCN(c4ccc(F)cc4)CC3)c2)CC1. The van der Waals surface area contributed by atoms with Crippen molar-refractivity contribution in [3.05, 3.63) is 54.1 Å². The number of nitrogens with zero attached hydrogens (tertiary/aromatic N) is 5. The molecule has 0 saturated carbocycles. The number of carbonyl (C=O) groups is 1. The lowest BCUT2D eigenvalue weighted by molar-refractivity contribution is 0.0663. The van der Waals surface area contributed by atoms with Crippen LogP contribution >= 0.6 is 0 Å². The molecule has 0 atom stereocenters. The van der Waals surface area contributed by atoms with Gasteiger partial charge in [-0.05, 0) is 37.4 Å². The maximum atomic E-state index is 13.1. The summed E-state index contributed by atoms with van der Waals surface area (Å²) in [4.78, 5) is 25.8. The summed E-state index contributed by atoms with van der Waals surface area (Å²) >= 11 is 0. The molecule has 6 nitrogen and oxygen atoms in total. The van der Waals surface area contributed by atoms with Crippen LogP contribution in [0.3, 0.4) is 0 Å². The number of pyridine rings is 1. The van der Waals surface area contributed by atoms with Gasteiger partial charge in [-0.1, -0.05) is 0 Å². The summed E-state index contributed by atoms with van der Waals surface area (Å²) in [5, 5.41) is 0. The summed E-state index contributed by atoms with van der Waals surface area (Å²) in [5.41, 5.74) is 2.68. The van der Waals surface area contributed by atoms with Gasteiger partial charge in [-0.2, -0.15) is 0 Å².